The molecule has 0 radical (unpaired) electrons. The third-order valence-corrected chi connectivity index (χ3v) is 4.86. The molecule has 28 heavy (non-hydrogen) atoms. The Morgan fingerprint density at radius 1 is 1.18 bits per heavy atom. The molecule has 6 heteroatoms. The fourth-order valence-corrected chi connectivity index (χ4v) is 2.96. The molecule has 2 aromatic carbocycles. The molecule has 0 aromatic heterocycles. The highest BCUT2D eigenvalue weighted by Gasteiger charge is 2.26. The van der Waals surface area contributed by atoms with Gasteiger partial charge in [0.05, 0.1) is 0 Å². The van der Waals surface area contributed by atoms with Gasteiger partial charge in [0.25, 0.3) is 5.91 Å². The van der Waals surface area contributed by atoms with Crippen molar-refractivity contribution in [3.05, 3.63) is 64.1 Å². The predicted octanol–water partition coefficient (Wildman–Crippen LogP) is 4.08. The summed E-state index contributed by atoms with van der Waals surface area (Å²) in [5.41, 5.74) is 2.01. The smallest absolute Gasteiger partial charge is 0.261 e. The quantitative estimate of drug-likeness (QED) is 0.630. The van der Waals surface area contributed by atoms with Crippen molar-refractivity contribution in [3.8, 4) is 5.75 Å². The zero-order valence-electron chi connectivity index (χ0n) is 16.6. The molecule has 1 N–H and O–H groups in total. The van der Waals surface area contributed by atoms with E-state index in [4.69, 9.17) is 4.74 Å². The monoisotopic (exact) mass is 446 g/mol. The molecule has 1 unspecified atom stereocenters. The van der Waals surface area contributed by atoms with Crippen LogP contribution in [0.1, 0.15) is 31.4 Å². The highest BCUT2D eigenvalue weighted by Crippen LogP contribution is 2.16. The third-order valence-electron chi connectivity index (χ3n) is 4.33. The Kier molecular flexibility index (Phi) is 8.51. The van der Waals surface area contributed by atoms with Gasteiger partial charge in [0.15, 0.2) is 6.61 Å². The molecule has 0 saturated carbocycles. The van der Waals surface area contributed by atoms with Crippen molar-refractivity contribution in [3.63, 3.8) is 0 Å². The van der Waals surface area contributed by atoms with Gasteiger partial charge in [-0.05, 0) is 55.7 Å². The number of carbonyl (C=O) groups excluding carboxylic acids is 2. The van der Waals surface area contributed by atoms with E-state index in [1.54, 1.807) is 11.8 Å². The van der Waals surface area contributed by atoms with Crippen molar-refractivity contribution in [2.45, 2.75) is 39.8 Å². The number of aryl methyl sites for hydroxylation is 1. The minimum atomic E-state index is -0.594. The number of nitrogens with zero attached hydrogens (tertiary/aromatic N) is 1. The molecule has 2 amide bonds. The highest BCUT2D eigenvalue weighted by molar-refractivity contribution is 9.10. The third kappa shape index (κ3) is 6.68. The Labute approximate surface area is 175 Å². The largest absolute Gasteiger partial charge is 0.484 e. The van der Waals surface area contributed by atoms with Crippen LogP contribution in [-0.2, 0) is 16.1 Å². The summed E-state index contributed by atoms with van der Waals surface area (Å²) in [5.74, 6) is 0.242. The van der Waals surface area contributed by atoms with E-state index >= 15 is 0 Å². The van der Waals surface area contributed by atoms with E-state index in [-0.39, 0.29) is 18.4 Å². The fourth-order valence-electron chi connectivity index (χ4n) is 2.70. The van der Waals surface area contributed by atoms with Crippen LogP contribution in [0.25, 0.3) is 0 Å². The van der Waals surface area contributed by atoms with Crippen LogP contribution in [0.4, 0.5) is 0 Å². The van der Waals surface area contributed by atoms with Gasteiger partial charge in [-0.1, -0.05) is 47.1 Å². The number of ether oxygens (including phenoxy) is 1. The first-order valence-electron chi connectivity index (χ1n) is 9.41. The SMILES string of the molecule is CCCNC(=O)C(C)N(Cc1ccc(Br)cc1)C(=O)COc1cccc(C)c1. The highest BCUT2D eigenvalue weighted by atomic mass is 79.9. The number of benzene rings is 2. The Bertz CT molecular complexity index is 793. The van der Waals surface area contributed by atoms with Crippen molar-refractivity contribution in [1.29, 1.82) is 0 Å². The number of rotatable bonds is 9. The first-order valence-corrected chi connectivity index (χ1v) is 10.2. The van der Waals surface area contributed by atoms with E-state index in [1.165, 1.54) is 0 Å². The van der Waals surface area contributed by atoms with Crippen LogP contribution in [-0.4, -0.2) is 35.9 Å². The van der Waals surface area contributed by atoms with Crippen molar-refractivity contribution in [1.82, 2.24) is 10.2 Å². The molecule has 0 aliphatic rings. The lowest BCUT2D eigenvalue weighted by molar-refractivity contribution is -0.142. The number of hydrogen-bond donors (Lipinski definition) is 1. The van der Waals surface area contributed by atoms with Crippen molar-refractivity contribution in [2.75, 3.05) is 13.2 Å². The molecule has 0 spiro atoms. The summed E-state index contributed by atoms with van der Waals surface area (Å²) in [6, 6.07) is 14.7. The molecule has 0 aliphatic carbocycles. The first kappa shape index (κ1) is 22.0. The molecule has 0 fully saturated rings. The number of halogens is 1. The molecule has 0 aliphatic heterocycles. The second-order valence-corrected chi connectivity index (χ2v) is 7.64. The average molecular weight is 447 g/mol. The lowest BCUT2D eigenvalue weighted by Gasteiger charge is -2.28. The molecule has 0 saturated heterocycles. The van der Waals surface area contributed by atoms with Gasteiger partial charge >= 0.3 is 0 Å². The summed E-state index contributed by atoms with van der Waals surface area (Å²) in [5, 5.41) is 2.86. The van der Waals surface area contributed by atoms with Gasteiger partial charge < -0.3 is 15.0 Å². The maximum atomic E-state index is 12.9. The molecular formula is C22H27BrN2O3. The first-order chi connectivity index (χ1) is 13.4. The normalized spacial score (nSPS) is 11.6. The van der Waals surface area contributed by atoms with E-state index in [1.807, 2.05) is 62.4 Å². The van der Waals surface area contributed by atoms with E-state index in [9.17, 15) is 9.59 Å². The summed E-state index contributed by atoms with van der Waals surface area (Å²) in [7, 11) is 0. The summed E-state index contributed by atoms with van der Waals surface area (Å²) in [4.78, 5) is 26.9. The minimum absolute atomic E-state index is 0.120. The van der Waals surface area contributed by atoms with Crippen LogP contribution in [0.3, 0.4) is 0 Å². The van der Waals surface area contributed by atoms with Crippen molar-refractivity contribution >= 4 is 27.7 Å². The van der Waals surface area contributed by atoms with Crippen LogP contribution >= 0.6 is 15.9 Å². The van der Waals surface area contributed by atoms with Gasteiger partial charge in [-0.25, -0.2) is 0 Å². The van der Waals surface area contributed by atoms with Gasteiger partial charge in [-0.2, -0.15) is 0 Å². The Morgan fingerprint density at radius 3 is 2.54 bits per heavy atom. The summed E-state index contributed by atoms with van der Waals surface area (Å²) < 4.78 is 6.63. The van der Waals surface area contributed by atoms with Gasteiger partial charge in [-0.3, -0.25) is 9.59 Å². The Balaban J connectivity index is 2.11. The van der Waals surface area contributed by atoms with Gasteiger partial charge in [0.2, 0.25) is 5.91 Å². The number of hydrogen-bond acceptors (Lipinski definition) is 3. The zero-order valence-corrected chi connectivity index (χ0v) is 18.2. The molecule has 2 rings (SSSR count). The molecule has 2 aromatic rings. The Hall–Kier alpha value is -2.34. The average Bonchev–Trinajstić information content (AvgIpc) is 2.69. The number of amides is 2. The van der Waals surface area contributed by atoms with Crippen molar-refractivity contribution in [2.24, 2.45) is 0 Å². The van der Waals surface area contributed by atoms with Gasteiger partial charge in [0, 0.05) is 17.6 Å². The van der Waals surface area contributed by atoms with E-state index in [0.29, 0.717) is 18.8 Å². The van der Waals surface area contributed by atoms with E-state index in [2.05, 4.69) is 21.2 Å². The molecular weight excluding hydrogens is 420 g/mol. The van der Waals surface area contributed by atoms with Crippen LogP contribution in [0.15, 0.2) is 53.0 Å². The fraction of sp³-hybridized carbons (Fsp3) is 0.364. The zero-order chi connectivity index (χ0) is 20.5. The lowest BCUT2D eigenvalue weighted by Crippen LogP contribution is -2.49. The minimum Gasteiger partial charge on any atom is -0.484 e. The second kappa shape index (κ2) is 10.9. The summed E-state index contributed by atoms with van der Waals surface area (Å²) in [6.45, 7) is 6.51. The maximum absolute atomic E-state index is 12.9. The summed E-state index contributed by atoms with van der Waals surface area (Å²) >= 11 is 3.41. The van der Waals surface area contributed by atoms with Gasteiger partial charge in [-0.15, -0.1) is 0 Å². The number of nitrogens with one attached hydrogen (secondary N) is 1. The second-order valence-electron chi connectivity index (χ2n) is 6.72. The molecule has 5 nitrogen and oxygen atoms in total. The van der Waals surface area contributed by atoms with Crippen LogP contribution in [0, 0.1) is 6.92 Å². The predicted molar refractivity (Wildman–Crippen MR) is 114 cm³/mol. The Morgan fingerprint density at radius 2 is 1.89 bits per heavy atom. The van der Waals surface area contributed by atoms with Gasteiger partial charge in [0.1, 0.15) is 11.8 Å². The van der Waals surface area contributed by atoms with Crippen LogP contribution in [0.2, 0.25) is 0 Å². The maximum Gasteiger partial charge on any atom is 0.261 e. The standard InChI is InChI=1S/C22H27BrN2O3/c1-4-12-24-22(27)17(3)25(14-18-8-10-19(23)11-9-18)21(26)15-28-20-7-5-6-16(2)13-20/h5-11,13,17H,4,12,14-15H2,1-3H3,(H,24,27). The molecule has 0 bridgehead atoms. The molecule has 1 atom stereocenters. The topological polar surface area (TPSA) is 58.6 Å². The van der Waals surface area contributed by atoms with E-state index in [0.717, 1.165) is 22.0 Å². The lowest BCUT2D eigenvalue weighted by atomic mass is 10.1. The van der Waals surface area contributed by atoms with Crippen LogP contribution < -0.4 is 10.1 Å². The van der Waals surface area contributed by atoms with E-state index < -0.39 is 6.04 Å². The van der Waals surface area contributed by atoms with Crippen molar-refractivity contribution < 1.29 is 14.3 Å². The molecule has 150 valence electrons. The molecule has 0 heterocycles. The number of carbonyl (C=O) groups is 2. The summed E-state index contributed by atoms with van der Waals surface area (Å²) in [6.07, 6.45) is 0.843. The van der Waals surface area contributed by atoms with Crippen LogP contribution in [0.5, 0.6) is 5.75 Å².